The van der Waals surface area contributed by atoms with E-state index in [9.17, 15) is 0 Å². The van der Waals surface area contributed by atoms with Crippen LogP contribution in [0.4, 0.5) is 0 Å². The molecule has 0 saturated heterocycles. The number of nitrogens with one attached hydrogen (secondary N) is 1. The van der Waals surface area contributed by atoms with E-state index >= 15 is 0 Å². The summed E-state index contributed by atoms with van der Waals surface area (Å²) in [5.41, 5.74) is 0.986. The molecule has 0 bridgehead atoms. The van der Waals surface area contributed by atoms with Gasteiger partial charge in [0.2, 0.25) is 0 Å². The standard InChI is InChI=1S/C17H35N/c1-6-7-8-9-10-11-12-13-14-18-15-16(2,3)17(15,4)5/h15,18H,6-14H2,1-5H3. The van der Waals surface area contributed by atoms with Crippen molar-refractivity contribution < 1.29 is 0 Å². The maximum absolute atomic E-state index is 3.75. The first kappa shape index (κ1) is 16.0. The van der Waals surface area contributed by atoms with E-state index in [0.717, 1.165) is 6.04 Å². The summed E-state index contributed by atoms with van der Waals surface area (Å²) in [6.07, 6.45) is 11.3. The molecular weight excluding hydrogens is 218 g/mol. The molecule has 1 rings (SSSR count). The molecule has 0 heterocycles. The van der Waals surface area contributed by atoms with Gasteiger partial charge in [0.15, 0.2) is 0 Å². The molecule has 1 N–H and O–H groups in total. The summed E-state index contributed by atoms with van der Waals surface area (Å²) in [4.78, 5) is 0. The lowest BCUT2D eigenvalue weighted by Gasteiger charge is -2.06. The Morgan fingerprint density at radius 2 is 1.17 bits per heavy atom. The van der Waals surface area contributed by atoms with E-state index in [1.54, 1.807) is 0 Å². The molecule has 1 fully saturated rings. The molecule has 1 aliphatic rings. The van der Waals surface area contributed by atoms with Crippen molar-refractivity contribution in [3.05, 3.63) is 0 Å². The first-order valence-electron chi connectivity index (χ1n) is 8.18. The minimum absolute atomic E-state index is 0.493. The Bertz CT molecular complexity index is 216. The Labute approximate surface area is 115 Å². The molecule has 18 heavy (non-hydrogen) atoms. The second-order valence-electron chi connectivity index (χ2n) is 7.31. The monoisotopic (exact) mass is 253 g/mol. The van der Waals surface area contributed by atoms with Crippen LogP contribution in [0.1, 0.15) is 86.0 Å². The smallest absolute Gasteiger partial charge is 0.0181 e. The third-order valence-corrected chi connectivity index (χ3v) is 5.40. The normalized spacial score (nSPS) is 21.2. The maximum atomic E-state index is 3.75. The first-order valence-corrected chi connectivity index (χ1v) is 8.18. The molecule has 1 heteroatoms. The van der Waals surface area contributed by atoms with Crippen LogP contribution in [0.25, 0.3) is 0 Å². The van der Waals surface area contributed by atoms with Gasteiger partial charge in [-0.1, -0.05) is 79.6 Å². The van der Waals surface area contributed by atoms with Crippen molar-refractivity contribution in [2.75, 3.05) is 6.54 Å². The van der Waals surface area contributed by atoms with Gasteiger partial charge in [-0.2, -0.15) is 0 Å². The zero-order valence-electron chi connectivity index (χ0n) is 13.4. The van der Waals surface area contributed by atoms with Gasteiger partial charge in [0, 0.05) is 6.04 Å². The highest BCUT2D eigenvalue weighted by Crippen LogP contribution is 2.62. The molecule has 0 radical (unpaired) electrons. The second kappa shape index (κ2) is 6.93. The molecule has 0 spiro atoms. The third kappa shape index (κ3) is 3.98. The number of hydrogen-bond acceptors (Lipinski definition) is 1. The predicted octanol–water partition coefficient (Wildman–Crippen LogP) is 5.15. The van der Waals surface area contributed by atoms with Crippen molar-refractivity contribution in [3.63, 3.8) is 0 Å². The molecule has 0 aromatic rings. The Hall–Kier alpha value is -0.0400. The van der Waals surface area contributed by atoms with Crippen LogP contribution >= 0.6 is 0 Å². The van der Waals surface area contributed by atoms with Crippen LogP contribution in [0.3, 0.4) is 0 Å². The quantitative estimate of drug-likeness (QED) is 0.531. The van der Waals surface area contributed by atoms with Crippen LogP contribution in [0, 0.1) is 10.8 Å². The summed E-state index contributed by atoms with van der Waals surface area (Å²) in [6, 6.07) is 0.731. The topological polar surface area (TPSA) is 12.0 Å². The lowest BCUT2D eigenvalue weighted by atomic mass is 10.0. The van der Waals surface area contributed by atoms with Crippen LogP contribution in [-0.4, -0.2) is 12.6 Å². The first-order chi connectivity index (χ1) is 8.44. The van der Waals surface area contributed by atoms with Crippen LogP contribution in [0.2, 0.25) is 0 Å². The molecule has 0 atom stereocenters. The second-order valence-corrected chi connectivity index (χ2v) is 7.31. The van der Waals surface area contributed by atoms with Crippen molar-refractivity contribution in [1.29, 1.82) is 0 Å². The van der Waals surface area contributed by atoms with Gasteiger partial charge < -0.3 is 5.32 Å². The summed E-state index contributed by atoms with van der Waals surface area (Å²) < 4.78 is 0. The minimum atomic E-state index is 0.493. The van der Waals surface area contributed by atoms with Gasteiger partial charge >= 0.3 is 0 Å². The van der Waals surface area contributed by atoms with Gasteiger partial charge in [0.05, 0.1) is 0 Å². The maximum Gasteiger partial charge on any atom is 0.0181 e. The molecule has 0 amide bonds. The van der Waals surface area contributed by atoms with E-state index in [1.165, 1.54) is 57.9 Å². The highest BCUT2D eigenvalue weighted by Gasteiger charge is 2.64. The molecule has 1 saturated carbocycles. The highest BCUT2D eigenvalue weighted by molar-refractivity contribution is 5.17. The van der Waals surface area contributed by atoms with Gasteiger partial charge in [-0.3, -0.25) is 0 Å². The number of rotatable bonds is 10. The zero-order chi connectivity index (χ0) is 13.6. The lowest BCUT2D eigenvalue weighted by Crippen LogP contribution is -2.23. The van der Waals surface area contributed by atoms with Gasteiger partial charge in [-0.05, 0) is 23.8 Å². The fraction of sp³-hybridized carbons (Fsp3) is 1.00. The van der Waals surface area contributed by atoms with Crippen LogP contribution in [-0.2, 0) is 0 Å². The molecular formula is C17H35N. The molecule has 1 aliphatic carbocycles. The van der Waals surface area contributed by atoms with E-state index in [1.807, 2.05) is 0 Å². The summed E-state index contributed by atoms with van der Waals surface area (Å²) >= 11 is 0. The van der Waals surface area contributed by atoms with Crippen molar-refractivity contribution in [1.82, 2.24) is 5.32 Å². The summed E-state index contributed by atoms with van der Waals surface area (Å²) in [6.45, 7) is 13.0. The van der Waals surface area contributed by atoms with Gasteiger partial charge in [-0.25, -0.2) is 0 Å². The number of hydrogen-bond donors (Lipinski definition) is 1. The van der Waals surface area contributed by atoms with Crippen LogP contribution < -0.4 is 5.32 Å². The Kier molecular flexibility index (Phi) is 6.17. The van der Waals surface area contributed by atoms with E-state index < -0.39 is 0 Å². The molecule has 1 nitrogen and oxygen atoms in total. The van der Waals surface area contributed by atoms with E-state index in [2.05, 4.69) is 39.9 Å². The molecule has 0 aromatic carbocycles. The Morgan fingerprint density at radius 3 is 1.61 bits per heavy atom. The van der Waals surface area contributed by atoms with E-state index in [-0.39, 0.29) is 0 Å². The van der Waals surface area contributed by atoms with Gasteiger partial charge in [0.25, 0.3) is 0 Å². The van der Waals surface area contributed by atoms with Crippen molar-refractivity contribution in [2.24, 2.45) is 10.8 Å². The lowest BCUT2D eigenvalue weighted by molar-refractivity contribution is 0.457. The summed E-state index contributed by atoms with van der Waals surface area (Å²) in [5.74, 6) is 0. The fourth-order valence-electron chi connectivity index (χ4n) is 3.21. The number of unbranched alkanes of at least 4 members (excludes halogenated alkanes) is 7. The van der Waals surface area contributed by atoms with Crippen molar-refractivity contribution in [2.45, 2.75) is 92.0 Å². The minimum Gasteiger partial charge on any atom is -0.313 e. The van der Waals surface area contributed by atoms with Gasteiger partial charge in [-0.15, -0.1) is 0 Å². The third-order valence-electron chi connectivity index (χ3n) is 5.40. The van der Waals surface area contributed by atoms with E-state index in [4.69, 9.17) is 0 Å². The van der Waals surface area contributed by atoms with Gasteiger partial charge in [0.1, 0.15) is 0 Å². The van der Waals surface area contributed by atoms with E-state index in [0.29, 0.717) is 10.8 Å². The SMILES string of the molecule is CCCCCCCCCCNC1C(C)(C)C1(C)C. The predicted molar refractivity (Wildman–Crippen MR) is 82.0 cm³/mol. The largest absolute Gasteiger partial charge is 0.313 e. The highest BCUT2D eigenvalue weighted by atomic mass is 15.0. The molecule has 0 unspecified atom stereocenters. The Balaban J connectivity index is 1.89. The molecule has 0 aliphatic heterocycles. The Morgan fingerprint density at radius 1 is 0.722 bits per heavy atom. The van der Waals surface area contributed by atoms with Crippen molar-refractivity contribution in [3.8, 4) is 0 Å². The average molecular weight is 253 g/mol. The summed E-state index contributed by atoms with van der Waals surface area (Å²) in [5, 5.41) is 3.75. The molecule has 0 aromatic heterocycles. The summed E-state index contributed by atoms with van der Waals surface area (Å²) in [7, 11) is 0. The fourth-order valence-corrected chi connectivity index (χ4v) is 3.21. The van der Waals surface area contributed by atoms with Crippen molar-refractivity contribution >= 4 is 0 Å². The van der Waals surface area contributed by atoms with Crippen LogP contribution in [0.5, 0.6) is 0 Å². The van der Waals surface area contributed by atoms with Crippen LogP contribution in [0.15, 0.2) is 0 Å². The molecule has 108 valence electrons. The average Bonchev–Trinajstić information content (AvgIpc) is 2.68. The zero-order valence-corrected chi connectivity index (χ0v) is 13.4.